The van der Waals surface area contributed by atoms with E-state index in [2.05, 4.69) is 4.90 Å². The highest BCUT2D eigenvalue weighted by Gasteiger charge is 2.21. The fraction of sp³-hybridized carbons (Fsp3) is 0.304. The molecule has 0 unspecified atom stereocenters. The number of morpholine rings is 1. The van der Waals surface area contributed by atoms with Crippen LogP contribution in [0.5, 0.6) is 0 Å². The van der Waals surface area contributed by atoms with Crippen LogP contribution in [0.4, 0.5) is 10.8 Å². The van der Waals surface area contributed by atoms with Gasteiger partial charge in [-0.15, -0.1) is 12.4 Å². The van der Waals surface area contributed by atoms with Crippen LogP contribution in [0.25, 0.3) is 16.3 Å². The van der Waals surface area contributed by atoms with Gasteiger partial charge in [0.15, 0.2) is 5.13 Å². The SMILES string of the molecule is Cc1cc(Cl)cc2sc(N(CCN3CCOCC3)C(=O)/C=C/c3cccc([N+](=O)[O-])c3)nc12.Cl. The Balaban J connectivity index is 0.00000324. The largest absolute Gasteiger partial charge is 0.379 e. The number of halogens is 2. The van der Waals surface area contributed by atoms with Crippen molar-refractivity contribution in [1.82, 2.24) is 9.88 Å². The molecule has 1 amide bonds. The number of carbonyl (C=O) groups is 1. The highest BCUT2D eigenvalue weighted by molar-refractivity contribution is 7.22. The van der Waals surface area contributed by atoms with Gasteiger partial charge in [-0.3, -0.25) is 24.7 Å². The Kier molecular flexibility index (Phi) is 8.98. The van der Waals surface area contributed by atoms with Crippen molar-refractivity contribution in [1.29, 1.82) is 0 Å². The molecular weight excluding hydrogens is 499 g/mol. The third-order valence-corrected chi connectivity index (χ3v) is 6.62. The molecule has 0 spiro atoms. The van der Waals surface area contributed by atoms with Gasteiger partial charge in [0, 0.05) is 49.4 Å². The molecule has 34 heavy (non-hydrogen) atoms. The van der Waals surface area contributed by atoms with Gasteiger partial charge >= 0.3 is 0 Å². The standard InChI is InChI=1S/C23H23ClN4O4S.ClH/c1-16-13-18(24)15-20-22(16)25-23(33-20)27(8-7-26-9-11-32-12-10-26)21(29)6-5-17-3-2-4-19(14-17)28(30)31;/h2-6,13-15H,7-12H2,1H3;1H/b6-5+;. The van der Waals surface area contributed by atoms with E-state index in [1.165, 1.54) is 29.5 Å². The van der Waals surface area contributed by atoms with Crippen molar-refractivity contribution < 1.29 is 14.5 Å². The molecule has 1 aliphatic heterocycles. The van der Waals surface area contributed by atoms with E-state index in [-0.39, 0.29) is 24.0 Å². The van der Waals surface area contributed by atoms with Crippen molar-refractivity contribution in [3.8, 4) is 0 Å². The van der Waals surface area contributed by atoms with Crippen molar-refractivity contribution in [3.63, 3.8) is 0 Å². The van der Waals surface area contributed by atoms with E-state index in [1.54, 1.807) is 23.1 Å². The van der Waals surface area contributed by atoms with E-state index in [0.29, 0.717) is 42.0 Å². The van der Waals surface area contributed by atoms with Crippen molar-refractivity contribution in [2.75, 3.05) is 44.3 Å². The topological polar surface area (TPSA) is 88.8 Å². The fourth-order valence-electron chi connectivity index (χ4n) is 3.62. The lowest BCUT2D eigenvalue weighted by molar-refractivity contribution is -0.384. The maximum absolute atomic E-state index is 13.2. The van der Waals surface area contributed by atoms with E-state index >= 15 is 0 Å². The third kappa shape index (κ3) is 6.31. The molecule has 1 saturated heterocycles. The van der Waals surface area contributed by atoms with Crippen LogP contribution in [0.15, 0.2) is 42.5 Å². The zero-order valence-corrected chi connectivity index (χ0v) is 20.9. The second-order valence-corrected chi connectivity index (χ2v) is 9.14. The van der Waals surface area contributed by atoms with Gasteiger partial charge in [0.05, 0.1) is 28.4 Å². The average molecular weight is 523 g/mol. The smallest absolute Gasteiger partial charge is 0.270 e. The molecule has 0 saturated carbocycles. The average Bonchev–Trinajstić information content (AvgIpc) is 3.22. The molecule has 180 valence electrons. The Morgan fingerprint density at radius 2 is 2.09 bits per heavy atom. The predicted molar refractivity (Wildman–Crippen MR) is 138 cm³/mol. The molecule has 11 heteroatoms. The maximum atomic E-state index is 13.2. The molecule has 0 radical (unpaired) electrons. The minimum Gasteiger partial charge on any atom is -0.379 e. The number of nitro benzene ring substituents is 1. The monoisotopic (exact) mass is 522 g/mol. The first-order valence-electron chi connectivity index (χ1n) is 10.5. The number of fused-ring (bicyclic) bond motifs is 1. The maximum Gasteiger partial charge on any atom is 0.270 e. The number of aryl methyl sites for hydroxylation is 1. The first kappa shape index (κ1) is 26.1. The lowest BCUT2D eigenvalue weighted by Gasteiger charge is -2.28. The number of hydrogen-bond acceptors (Lipinski definition) is 7. The van der Waals surface area contributed by atoms with Crippen LogP contribution in [0.1, 0.15) is 11.1 Å². The number of anilines is 1. The molecule has 2 heterocycles. The Labute approximate surface area is 212 Å². The van der Waals surface area contributed by atoms with Gasteiger partial charge in [0.1, 0.15) is 0 Å². The number of nitro groups is 1. The molecule has 4 rings (SSSR count). The third-order valence-electron chi connectivity index (χ3n) is 5.38. The van der Waals surface area contributed by atoms with Gasteiger partial charge in [-0.2, -0.15) is 0 Å². The van der Waals surface area contributed by atoms with Crippen molar-refractivity contribution in [2.45, 2.75) is 6.92 Å². The summed E-state index contributed by atoms with van der Waals surface area (Å²) in [5, 5.41) is 12.3. The Morgan fingerprint density at radius 1 is 1.32 bits per heavy atom. The molecule has 1 fully saturated rings. The van der Waals surface area contributed by atoms with E-state index in [9.17, 15) is 14.9 Å². The van der Waals surface area contributed by atoms with Crippen LogP contribution in [0.2, 0.25) is 5.02 Å². The van der Waals surface area contributed by atoms with Crippen molar-refractivity contribution in [3.05, 3.63) is 68.7 Å². The minimum atomic E-state index is -0.456. The van der Waals surface area contributed by atoms with Gasteiger partial charge in [-0.05, 0) is 36.3 Å². The normalized spacial score (nSPS) is 14.3. The number of amides is 1. The summed E-state index contributed by atoms with van der Waals surface area (Å²) >= 11 is 7.63. The summed E-state index contributed by atoms with van der Waals surface area (Å²) in [5.74, 6) is -0.238. The molecule has 2 aromatic carbocycles. The summed E-state index contributed by atoms with van der Waals surface area (Å²) in [6.07, 6.45) is 3.02. The van der Waals surface area contributed by atoms with Crippen LogP contribution in [0, 0.1) is 17.0 Å². The lowest BCUT2D eigenvalue weighted by Crippen LogP contribution is -2.42. The van der Waals surface area contributed by atoms with E-state index in [1.807, 2.05) is 19.1 Å². The second-order valence-electron chi connectivity index (χ2n) is 7.70. The summed E-state index contributed by atoms with van der Waals surface area (Å²) in [4.78, 5) is 32.5. The fourth-order valence-corrected chi connectivity index (χ4v) is 5.08. The van der Waals surface area contributed by atoms with Crippen LogP contribution in [-0.2, 0) is 9.53 Å². The van der Waals surface area contributed by atoms with Gasteiger partial charge in [0.25, 0.3) is 11.6 Å². The highest BCUT2D eigenvalue weighted by atomic mass is 35.5. The van der Waals surface area contributed by atoms with Gasteiger partial charge < -0.3 is 4.74 Å². The number of hydrogen-bond donors (Lipinski definition) is 0. The summed E-state index contributed by atoms with van der Waals surface area (Å²) in [6, 6.07) is 9.88. The molecule has 3 aromatic rings. The number of non-ortho nitro benzene ring substituents is 1. The van der Waals surface area contributed by atoms with Gasteiger partial charge in [0.2, 0.25) is 0 Å². The molecule has 0 aliphatic carbocycles. The number of rotatable bonds is 7. The van der Waals surface area contributed by atoms with E-state index in [4.69, 9.17) is 21.3 Å². The molecule has 1 aliphatic rings. The van der Waals surface area contributed by atoms with Crippen LogP contribution in [-0.4, -0.2) is 60.1 Å². The second kappa shape index (κ2) is 11.7. The molecule has 1 aromatic heterocycles. The molecule has 8 nitrogen and oxygen atoms in total. The Hall–Kier alpha value is -2.56. The van der Waals surface area contributed by atoms with Crippen LogP contribution < -0.4 is 4.90 Å². The Bertz CT molecular complexity index is 1210. The van der Waals surface area contributed by atoms with Crippen LogP contribution >= 0.6 is 35.3 Å². The molecule has 0 atom stereocenters. The van der Waals surface area contributed by atoms with Gasteiger partial charge in [-0.1, -0.05) is 35.1 Å². The summed E-state index contributed by atoms with van der Waals surface area (Å²) in [5.41, 5.74) is 2.34. The van der Waals surface area contributed by atoms with Crippen LogP contribution in [0.3, 0.4) is 0 Å². The molecule has 0 N–H and O–H groups in total. The zero-order chi connectivity index (χ0) is 23.4. The lowest BCUT2D eigenvalue weighted by atomic mass is 10.2. The van der Waals surface area contributed by atoms with Crippen molar-refractivity contribution >= 4 is 68.4 Å². The first-order chi connectivity index (χ1) is 15.9. The number of thiazole rings is 1. The van der Waals surface area contributed by atoms with Crippen molar-refractivity contribution in [2.24, 2.45) is 0 Å². The number of ether oxygens (including phenoxy) is 1. The zero-order valence-electron chi connectivity index (χ0n) is 18.5. The Morgan fingerprint density at radius 3 is 2.82 bits per heavy atom. The number of benzene rings is 2. The number of aromatic nitrogens is 1. The van der Waals surface area contributed by atoms with E-state index in [0.717, 1.165) is 28.9 Å². The molecular formula is C23H24Cl2N4O4S. The van der Waals surface area contributed by atoms with E-state index < -0.39 is 4.92 Å². The highest BCUT2D eigenvalue weighted by Crippen LogP contribution is 2.33. The predicted octanol–water partition coefficient (Wildman–Crippen LogP) is 4.97. The summed E-state index contributed by atoms with van der Waals surface area (Å²) in [7, 11) is 0. The number of carbonyl (C=O) groups excluding carboxylic acids is 1. The first-order valence-corrected chi connectivity index (χ1v) is 11.7. The molecule has 0 bridgehead atoms. The van der Waals surface area contributed by atoms with Gasteiger partial charge in [-0.25, -0.2) is 4.98 Å². The number of nitrogens with zero attached hydrogens (tertiary/aromatic N) is 4. The minimum absolute atomic E-state index is 0. The summed E-state index contributed by atoms with van der Waals surface area (Å²) in [6.45, 7) is 6.10. The quantitative estimate of drug-likeness (QED) is 0.247. The summed E-state index contributed by atoms with van der Waals surface area (Å²) < 4.78 is 6.33.